The zero-order valence-corrected chi connectivity index (χ0v) is 9.30. The van der Waals surface area contributed by atoms with Crippen LogP contribution in [0.1, 0.15) is 25.7 Å². The molecule has 1 heterocycles. The number of amides is 1. The van der Waals surface area contributed by atoms with Gasteiger partial charge in [0.1, 0.15) is 0 Å². The molecule has 0 aromatic rings. The fraction of sp³-hybridized carbons (Fsp3) is 0.909. The Balaban J connectivity index is 1.66. The third-order valence-corrected chi connectivity index (χ3v) is 3.30. The molecule has 4 heteroatoms. The molecular formula is C11H21N3O. The smallest absolute Gasteiger partial charge is 0.234 e. The van der Waals surface area contributed by atoms with Gasteiger partial charge in [-0.05, 0) is 12.8 Å². The molecular weight excluding hydrogens is 190 g/mol. The third kappa shape index (κ3) is 3.47. The molecule has 2 fully saturated rings. The van der Waals surface area contributed by atoms with E-state index >= 15 is 0 Å². The summed E-state index contributed by atoms with van der Waals surface area (Å²) in [6.07, 6.45) is 4.90. The van der Waals surface area contributed by atoms with Crippen molar-refractivity contribution in [2.45, 2.75) is 31.7 Å². The number of piperazine rings is 1. The Morgan fingerprint density at radius 2 is 1.93 bits per heavy atom. The summed E-state index contributed by atoms with van der Waals surface area (Å²) in [7, 11) is 0. The van der Waals surface area contributed by atoms with Crippen LogP contribution < -0.4 is 10.6 Å². The second kappa shape index (κ2) is 5.47. The minimum absolute atomic E-state index is 0.212. The topological polar surface area (TPSA) is 44.4 Å². The Morgan fingerprint density at radius 3 is 2.60 bits per heavy atom. The number of carbonyl (C=O) groups excluding carboxylic acids is 1. The van der Waals surface area contributed by atoms with Gasteiger partial charge in [0.15, 0.2) is 0 Å². The summed E-state index contributed by atoms with van der Waals surface area (Å²) in [6.45, 7) is 4.60. The van der Waals surface area contributed by atoms with E-state index in [0.717, 1.165) is 26.2 Å². The van der Waals surface area contributed by atoms with Crippen molar-refractivity contribution in [2.24, 2.45) is 0 Å². The first-order valence-electron chi connectivity index (χ1n) is 6.07. The normalized spacial score (nSPS) is 24.3. The van der Waals surface area contributed by atoms with Crippen LogP contribution in [0.3, 0.4) is 0 Å². The van der Waals surface area contributed by atoms with Gasteiger partial charge in [0, 0.05) is 32.2 Å². The van der Waals surface area contributed by atoms with Crippen LogP contribution in [0.5, 0.6) is 0 Å². The predicted molar refractivity (Wildman–Crippen MR) is 59.7 cm³/mol. The molecule has 1 aliphatic carbocycles. The van der Waals surface area contributed by atoms with Crippen LogP contribution in [0.15, 0.2) is 0 Å². The molecule has 2 aliphatic rings. The second-order valence-electron chi connectivity index (χ2n) is 4.58. The van der Waals surface area contributed by atoms with Gasteiger partial charge in [-0.2, -0.15) is 0 Å². The van der Waals surface area contributed by atoms with Crippen LogP contribution in [-0.4, -0.2) is 49.6 Å². The molecule has 1 saturated carbocycles. The number of rotatable bonds is 3. The van der Waals surface area contributed by atoms with Crippen molar-refractivity contribution in [1.29, 1.82) is 0 Å². The monoisotopic (exact) mass is 211 g/mol. The second-order valence-corrected chi connectivity index (χ2v) is 4.58. The maximum atomic E-state index is 11.7. The van der Waals surface area contributed by atoms with E-state index in [4.69, 9.17) is 0 Å². The molecule has 0 atom stereocenters. The molecule has 0 aromatic carbocycles. The molecule has 1 amide bonds. The maximum Gasteiger partial charge on any atom is 0.234 e. The van der Waals surface area contributed by atoms with Crippen molar-refractivity contribution < 1.29 is 4.79 Å². The Labute approximate surface area is 91.4 Å². The molecule has 15 heavy (non-hydrogen) atoms. The molecule has 0 radical (unpaired) electrons. The first kappa shape index (κ1) is 10.9. The number of nitrogens with one attached hydrogen (secondary N) is 2. The van der Waals surface area contributed by atoms with Crippen molar-refractivity contribution in [2.75, 3.05) is 32.7 Å². The highest BCUT2D eigenvalue weighted by Crippen LogP contribution is 2.17. The lowest BCUT2D eigenvalue weighted by Gasteiger charge is -2.27. The van der Waals surface area contributed by atoms with Gasteiger partial charge in [-0.1, -0.05) is 12.8 Å². The maximum absolute atomic E-state index is 11.7. The minimum atomic E-state index is 0.212. The Morgan fingerprint density at radius 1 is 1.27 bits per heavy atom. The van der Waals surface area contributed by atoms with Gasteiger partial charge in [-0.25, -0.2) is 0 Å². The van der Waals surface area contributed by atoms with E-state index in [1.165, 1.54) is 25.7 Å². The van der Waals surface area contributed by atoms with E-state index < -0.39 is 0 Å². The lowest BCUT2D eigenvalue weighted by molar-refractivity contribution is -0.123. The van der Waals surface area contributed by atoms with Crippen molar-refractivity contribution in [3.8, 4) is 0 Å². The molecule has 0 spiro atoms. The van der Waals surface area contributed by atoms with Crippen LogP contribution in [0, 0.1) is 0 Å². The molecule has 1 saturated heterocycles. The summed E-state index contributed by atoms with van der Waals surface area (Å²) >= 11 is 0. The lowest BCUT2D eigenvalue weighted by Crippen LogP contribution is -2.48. The van der Waals surface area contributed by atoms with Crippen molar-refractivity contribution in [1.82, 2.24) is 15.5 Å². The quantitative estimate of drug-likeness (QED) is 0.688. The van der Waals surface area contributed by atoms with E-state index in [-0.39, 0.29) is 5.91 Å². The van der Waals surface area contributed by atoms with Gasteiger partial charge in [0.25, 0.3) is 0 Å². The summed E-state index contributed by atoms with van der Waals surface area (Å²) in [4.78, 5) is 13.9. The van der Waals surface area contributed by atoms with E-state index in [2.05, 4.69) is 15.5 Å². The number of hydrogen-bond acceptors (Lipinski definition) is 3. The van der Waals surface area contributed by atoms with E-state index in [9.17, 15) is 4.79 Å². The molecule has 4 nitrogen and oxygen atoms in total. The highest BCUT2D eigenvalue weighted by atomic mass is 16.2. The summed E-state index contributed by atoms with van der Waals surface area (Å²) in [5.41, 5.74) is 0. The highest BCUT2D eigenvalue weighted by molar-refractivity contribution is 5.78. The summed E-state index contributed by atoms with van der Waals surface area (Å²) in [6, 6.07) is 0.459. The third-order valence-electron chi connectivity index (χ3n) is 3.30. The van der Waals surface area contributed by atoms with E-state index in [1.54, 1.807) is 0 Å². The van der Waals surface area contributed by atoms with Crippen molar-refractivity contribution >= 4 is 5.91 Å². The average molecular weight is 211 g/mol. The van der Waals surface area contributed by atoms with Crippen LogP contribution in [0.4, 0.5) is 0 Å². The predicted octanol–water partition coefficient (Wildman–Crippen LogP) is -0.0496. The zero-order valence-electron chi connectivity index (χ0n) is 9.30. The van der Waals surface area contributed by atoms with Crippen LogP contribution in [-0.2, 0) is 4.79 Å². The first-order valence-corrected chi connectivity index (χ1v) is 6.07. The molecule has 0 bridgehead atoms. The van der Waals surface area contributed by atoms with Crippen molar-refractivity contribution in [3.05, 3.63) is 0 Å². The van der Waals surface area contributed by atoms with Gasteiger partial charge >= 0.3 is 0 Å². The minimum Gasteiger partial charge on any atom is -0.352 e. The van der Waals surface area contributed by atoms with Gasteiger partial charge < -0.3 is 10.6 Å². The molecule has 2 rings (SSSR count). The molecule has 0 aromatic heterocycles. The van der Waals surface area contributed by atoms with Gasteiger partial charge in [0.05, 0.1) is 6.54 Å². The number of carbonyl (C=O) groups is 1. The highest BCUT2D eigenvalue weighted by Gasteiger charge is 2.19. The Kier molecular flexibility index (Phi) is 3.97. The molecule has 1 aliphatic heterocycles. The van der Waals surface area contributed by atoms with E-state index in [1.807, 2.05) is 0 Å². The number of hydrogen-bond donors (Lipinski definition) is 2. The molecule has 2 N–H and O–H groups in total. The lowest BCUT2D eigenvalue weighted by atomic mass is 10.2. The largest absolute Gasteiger partial charge is 0.352 e. The summed E-state index contributed by atoms with van der Waals surface area (Å²) < 4.78 is 0. The number of nitrogens with zero attached hydrogens (tertiary/aromatic N) is 1. The van der Waals surface area contributed by atoms with Gasteiger partial charge in [-0.3, -0.25) is 9.69 Å². The first-order chi connectivity index (χ1) is 7.34. The molecule has 0 unspecified atom stereocenters. The summed E-state index contributed by atoms with van der Waals surface area (Å²) in [5, 5.41) is 6.41. The SMILES string of the molecule is O=C(CN1CCNCC1)NC1CCCC1. The Bertz CT molecular complexity index is 208. The Hall–Kier alpha value is -0.610. The van der Waals surface area contributed by atoms with Crippen LogP contribution in [0.25, 0.3) is 0 Å². The van der Waals surface area contributed by atoms with Crippen LogP contribution in [0.2, 0.25) is 0 Å². The average Bonchev–Trinajstić information content (AvgIpc) is 2.71. The summed E-state index contributed by atoms with van der Waals surface area (Å²) in [5.74, 6) is 0.212. The van der Waals surface area contributed by atoms with Crippen LogP contribution >= 0.6 is 0 Å². The van der Waals surface area contributed by atoms with Gasteiger partial charge in [0.2, 0.25) is 5.91 Å². The standard InChI is InChI=1S/C11H21N3O/c15-11(13-10-3-1-2-4-10)9-14-7-5-12-6-8-14/h10,12H,1-9H2,(H,13,15). The fourth-order valence-corrected chi connectivity index (χ4v) is 2.42. The fourth-order valence-electron chi connectivity index (χ4n) is 2.42. The molecule has 86 valence electrons. The van der Waals surface area contributed by atoms with E-state index in [0.29, 0.717) is 12.6 Å². The van der Waals surface area contributed by atoms with Gasteiger partial charge in [-0.15, -0.1) is 0 Å². The zero-order chi connectivity index (χ0) is 10.5. The van der Waals surface area contributed by atoms with Crippen molar-refractivity contribution in [3.63, 3.8) is 0 Å².